The smallest absolute Gasteiger partial charge is 0.239 e. The second-order valence-corrected chi connectivity index (χ2v) is 5.18. The van der Waals surface area contributed by atoms with Gasteiger partial charge in [-0.1, -0.05) is 13.8 Å². The molecule has 1 unspecified atom stereocenters. The van der Waals surface area contributed by atoms with Crippen molar-refractivity contribution in [2.45, 2.75) is 20.8 Å². The lowest BCUT2D eigenvalue weighted by Crippen LogP contribution is -2.24. The molecule has 0 aliphatic carbocycles. The highest BCUT2D eigenvalue weighted by Gasteiger charge is 2.11. The van der Waals surface area contributed by atoms with E-state index in [9.17, 15) is 0 Å². The van der Waals surface area contributed by atoms with Crippen molar-refractivity contribution in [1.29, 1.82) is 5.26 Å². The van der Waals surface area contributed by atoms with Crippen molar-refractivity contribution in [3.8, 4) is 11.9 Å². The van der Waals surface area contributed by atoms with E-state index in [4.69, 9.17) is 15.7 Å². The van der Waals surface area contributed by atoms with E-state index >= 15 is 0 Å². The molecule has 2 N–H and O–H groups in total. The van der Waals surface area contributed by atoms with Gasteiger partial charge in [-0.05, 0) is 25.0 Å². The summed E-state index contributed by atoms with van der Waals surface area (Å²) in [4.78, 5) is 6.33. The lowest BCUT2D eigenvalue weighted by Gasteiger charge is -2.20. The number of nitrogens with two attached hydrogens (primary N) is 1. The minimum absolute atomic E-state index is 0.0515. The molecular weight excluding hydrogens is 240 g/mol. The normalized spacial score (nSPS) is 12.0. The van der Waals surface area contributed by atoms with Gasteiger partial charge in [0.05, 0.1) is 24.3 Å². The van der Waals surface area contributed by atoms with Gasteiger partial charge in [-0.25, -0.2) is 0 Å². The molecule has 104 valence electrons. The molecule has 0 spiro atoms. The molecule has 1 atom stereocenters. The van der Waals surface area contributed by atoms with Crippen molar-refractivity contribution in [3.05, 3.63) is 12.1 Å². The van der Waals surface area contributed by atoms with Gasteiger partial charge in [-0.3, -0.25) is 0 Å². The van der Waals surface area contributed by atoms with Crippen LogP contribution in [0.25, 0.3) is 0 Å². The third-order valence-corrected chi connectivity index (χ3v) is 2.59. The standard InChI is InChI=1S/C14H22N4O/c1-10(2)9-19-14-12(16)5-6-13(17-14)18(4)8-11(3)7-15/h5-6,10-11H,8-9,16H2,1-4H3. The van der Waals surface area contributed by atoms with Crippen molar-refractivity contribution >= 4 is 11.5 Å². The summed E-state index contributed by atoms with van der Waals surface area (Å²) in [5.74, 6) is 1.59. The Kier molecular flexibility index (Phi) is 5.43. The Balaban J connectivity index is 2.80. The molecule has 19 heavy (non-hydrogen) atoms. The summed E-state index contributed by atoms with van der Waals surface area (Å²) in [5.41, 5.74) is 6.38. The first kappa shape index (κ1) is 15.1. The average Bonchev–Trinajstić information content (AvgIpc) is 2.37. The summed E-state index contributed by atoms with van der Waals surface area (Å²) in [5, 5.41) is 8.83. The van der Waals surface area contributed by atoms with Crippen molar-refractivity contribution in [1.82, 2.24) is 4.98 Å². The summed E-state index contributed by atoms with van der Waals surface area (Å²) < 4.78 is 5.59. The van der Waals surface area contributed by atoms with Crippen LogP contribution in [0.15, 0.2) is 12.1 Å². The Hall–Kier alpha value is -1.96. The molecule has 0 saturated heterocycles. The third-order valence-electron chi connectivity index (χ3n) is 2.59. The van der Waals surface area contributed by atoms with Crippen LogP contribution in [0.1, 0.15) is 20.8 Å². The third kappa shape index (κ3) is 4.66. The zero-order valence-electron chi connectivity index (χ0n) is 12.1. The zero-order chi connectivity index (χ0) is 14.4. The molecule has 0 fully saturated rings. The topological polar surface area (TPSA) is 75.2 Å². The Labute approximate surface area is 115 Å². The van der Waals surface area contributed by atoms with Gasteiger partial charge in [-0.15, -0.1) is 0 Å². The Morgan fingerprint density at radius 2 is 2.11 bits per heavy atom. The molecule has 0 aliphatic heterocycles. The van der Waals surface area contributed by atoms with Gasteiger partial charge < -0.3 is 15.4 Å². The summed E-state index contributed by atoms with van der Waals surface area (Å²) in [7, 11) is 1.90. The predicted octanol–water partition coefficient (Wildman–Crippen LogP) is 2.29. The van der Waals surface area contributed by atoms with E-state index in [1.54, 1.807) is 6.07 Å². The average molecular weight is 262 g/mol. The van der Waals surface area contributed by atoms with Crippen LogP contribution >= 0.6 is 0 Å². The molecule has 0 radical (unpaired) electrons. The predicted molar refractivity (Wildman–Crippen MR) is 77.0 cm³/mol. The lowest BCUT2D eigenvalue weighted by molar-refractivity contribution is 0.263. The Morgan fingerprint density at radius 1 is 1.42 bits per heavy atom. The van der Waals surface area contributed by atoms with Crippen LogP contribution in [0.4, 0.5) is 11.5 Å². The fourth-order valence-electron chi connectivity index (χ4n) is 1.56. The van der Waals surface area contributed by atoms with Gasteiger partial charge in [0.2, 0.25) is 5.88 Å². The number of aromatic nitrogens is 1. The molecule has 0 aliphatic rings. The van der Waals surface area contributed by atoms with Crippen molar-refractivity contribution in [2.24, 2.45) is 11.8 Å². The van der Waals surface area contributed by atoms with Crippen LogP contribution in [0.3, 0.4) is 0 Å². The van der Waals surface area contributed by atoms with Crippen LogP contribution < -0.4 is 15.4 Å². The molecule has 1 heterocycles. The van der Waals surface area contributed by atoms with Crippen LogP contribution in [0, 0.1) is 23.2 Å². The molecule has 1 aromatic heterocycles. The van der Waals surface area contributed by atoms with E-state index in [0.717, 1.165) is 5.82 Å². The number of nitrogen functional groups attached to an aromatic ring is 1. The number of nitrogens with zero attached hydrogens (tertiary/aromatic N) is 3. The maximum atomic E-state index is 8.83. The number of anilines is 2. The summed E-state index contributed by atoms with van der Waals surface area (Å²) in [6, 6.07) is 5.82. The molecule has 0 saturated carbocycles. The fraction of sp³-hybridized carbons (Fsp3) is 0.571. The van der Waals surface area contributed by atoms with Crippen molar-refractivity contribution in [3.63, 3.8) is 0 Å². The van der Waals surface area contributed by atoms with Gasteiger partial charge in [0.25, 0.3) is 0 Å². The molecule has 5 nitrogen and oxygen atoms in total. The lowest BCUT2D eigenvalue weighted by atomic mass is 10.2. The highest BCUT2D eigenvalue weighted by molar-refractivity contribution is 5.54. The van der Waals surface area contributed by atoms with Crippen LogP contribution in [-0.4, -0.2) is 25.2 Å². The van der Waals surface area contributed by atoms with Gasteiger partial charge in [-0.2, -0.15) is 10.2 Å². The van der Waals surface area contributed by atoms with Crippen molar-refractivity contribution < 1.29 is 4.74 Å². The van der Waals surface area contributed by atoms with E-state index in [1.165, 1.54) is 0 Å². The van der Waals surface area contributed by atoms with Crippen LogP contribution in [-0.2, 0) is 0 Å². The van der Waals surface area contributed by atoms with Crippen LogP contribution in [0.2, 0.25) is 0 Å². The quantitative estimate of drug-likeness (QED) is 0.851. The summed E-state index contributed by atoms with van der Waals surface area (Å²) in [6.45, 7) is 7.22. The Bertz CT molecular complexity index is 453. The number of nitriles is 1. The van der Waals surface area contributed by atoms with E-state index in [1.807, 2.05) is 24.9 Å². The van der Waals surface area contributed by atoms with Crippen LogP contribution in [0.5, 0.6) is 5.88 Å². The fourth-order valence-corrected chi connectivity index (χ4v) is 1.56. The molecular formula is C14H22N4O. The molecule has 1 aromatic rings. The maximum Gasteiger partial charge on any atom is 0.239 e. The molecule has 0 aromatic carbocycles. The van der Waals surface area contributed by atoms with E-state index in [2.05, 4.69) is 24.9 Å². The first-order valence-corrected chi connectivity index (χ1v) is 6.44. The maximum absolute atomic E-state index is 8.83. The van der Waals surface area contributed by atoms with E-state index < -0.39 is 0 Å². The molecule has 0 bridgehead atoms. The summed E-state index contributed by atoms with van der Waals surface area (Å²) in [6.07, 6.45) is 0. The van der Waals surface area contributed by atoms with E-state index in [0.29, 0.717) is 30.6 Å². The molecule has 0 amide bonds. The van der Waals surface area contributed by atoms with Gasteiger partial charge >= 0.3 is 0 Å². The largest absolute Gasteiger partial charge is 0.476 e. The first-order valence-electron chi connectivity index (χ1n) is 6.44. The summed E-state index contributed by atoms with van der Waals surface area (Å²) >= 11 is 0. The number of pyridine rings is 1. The molecule has 5 heteroatoms. The number of hydrogen-bond donors (Lipinski definition) is 1. The number of ether oxygens (including phenoxy) is 1. The van der Waals surface area contributed by atoms with Gasteiger partial charge in [0.1, 0.15) is 5.82 Å². The van der Waals surface area contributed by atoms with Gasteiger partial charge in [0, 0.05) is 13.6 Å². The number of hydrogen-bond acceptors (Lipinski definition) is 5. The molecule has 1 rings (SSSR count). The van der Waals surface area contributed by atoms with Gasteiger partial charge in [0.15, 0.2) is 0 Å². The first-order chi connectivity index (χ1) is 8.93. The van der Waals surface area contributed by atoms with Crippen molar-refractivity contribution in [2.75, 3.05) is 30.8 Å². The second kappa shape index (κ2) is 6.83. The SMILES string of the molecule is CC(C)COc1nc(N(C)CC(C)C#N)ccc1N. The zero-order valence-corrected chi connectivity index (χ0v) is 12.1. The Morgan fingerprint density at radius 3 is 2.68 bits per heavy atom. The van der Waals surface area contributed by atoms with E-state index in [-0.39, 0.29) is 5.92 Å². The minimum atomic E-state index is -0.0515. The second-order valence-electron chi connectivity index (χ2n) is 5.18. The minimum Gasteiger partial charge on any atom is -0.476 e. The number of rotatable bonds is 6. The highest BCUT2D eigenvalue weighted by atomic mass is 16.5. The monoisotopic (exact) mass is 262 g/mol. The highest BCUT2D eigenvalue weighted by Crippen LogP contribution is 2.23.